The number of allylic oxidation sites excluding steroid dienone is 2. The van der Waals surface area contributed by atoms with Crippen LogP contribution in [0.25, 0.3) is 10.9 Å². The molecule has 0 saturated carbocycles. The van der Waals surface area contributed by atoms with Gasteiger partial charge in [-0.1, -0.05) is 36.7 Å². The van der Waals surface area contributed by atoms with E-state index in [1.807, 2.05) is 0 Å². The van der Waals surface area contributed by atoms with Gasteiger partial charge in [-0.25, -0.2) is 0 Å². The van der Waals surface area contributed by atoms with Crippen LogP contribution in [-0.2, 0) is 4.43 Å². The highest BCUT2D eigenvalue weighted by molar-refractivity contribution is 9.10. The van der Waals surface area contributed by atoms with Crippen molar-refractivity contribution < 1.29 is 4.43 Å². The number of fused-ring (bicyclic) bond motifs is 1. The molecule has 1 heterocycles. The average Bonchev–Trinajstić information content (AvgIpc) is 2.91. The van der Waals surface area contributed by atoms with Crippen LogP contribution in [0, 0.1) is 0 Å². The van der Waals surface area contributed by atoms with Gasteiger partial charge in [0.25, 0.3) is 0 Å². The molecule has 2 aromatic rings. The minimum absolute atomic E-state index is 0.214. The van der Waals surface area contributed by atoms with E-state index in [1.54, 1.807) is 0 Å². The molecule has 1 aliphatic rings. The normalized spacial score (nSPS) is 19.6. The average molecular weight is 420 g/mol. The third-order valence-electron chi connectivity index (χ3n) is 6.00. The predicted octanol–water partition coefficient (Wildman–Crippen LogP) is 7.49. The molecule has 1 aromatic carbocycles. The van der Waals surface area contributed by atoms with Gasteiger partial charge in [0.05, 0.1) is 5.76 Å². The van der Waals surface area contributed by atoms with Crippen LogP contribution < -0.4 is 0 Å². The maximum atomic E-state index is 6.86. The second kappa shape index (κ2) is 6.62. The zero-order valence-corrected chi connectivity index (χ0v) is 18.9. The molecular weight excluding hydrogens is 390 g/mol. The maximum absolute atomic E-state index is 6.86. The van der Waals surface area contributed by atoms with Gasteiger partial charge >= 0.3 is 0 Å². The number of aromatic nitrogens is 1. The number of hydrogen-bond acceptors (Lipinski definition) is 1. The fourth-order valence-electron chi connectivity index (χ4n) is 3.41. The lowest BCUT2D eigenvalue weighted by Gasteiger charge is -2.41. The van der Waals surface area contributed by atoms with E-state index < -0.39 is 8.32 Å². The molecule has 0 saturated heterocycles. The first kappa shape index (κ1) is 18.8. The number of benzene rings is 1. The zero-order chi connectivity index (χ0) is 18.4. The summed E-state index contributed by atoms with van der Waals surface area (Å²) in [6, 6.07) is 6.48. The van der Waals surface area contributed by atoms with Gasteiger partial charge in [0, 0.05) is 27.5 Å². The van der Waals surface area contributed by atoms with Gasteiger partial charge in [-0.15, -0.1) is 0 Å². The largest absolute Gasteiger partial charge is 0.546 e. The van der Waals surface area contributed by atoms with Crippen molar-refractivity contribution in [1.29, 1.82) is 0 Å². The smallest absolute Gasteiger partial charge is 0.250 e. The molecule has 0 fully saturated rings. The fourth-order valence-corrected chi connectivity index (χ4v) is 4.94. The Morgan fingerprint density at radius 3 is 2.64 bits per heavy atom. The van der Waals surface area contributed by atoms with Gasteiger partial charge < -0.3 is 9.41 Å². The first-order valence-electron chi connectivity index (χ1n) is 9.25. The van der Waals surface area contributed by atoms with Gasteiger partial charge in [0.15, 0.2) is 0 Å². The Hall–Kier alpha value is -1.00. The Morgan fingerprint density at radius 1 is 1.24 bits per heavy atom. The molecule has 136 valence electrons. The van der Waals surface area contributed by atoms with Gasteiger partial charge in [0.1, 0.15) is 0 Å². The molecule has 25 heavy (non-hydrogen) atoms. The number of rotatable bonds is 3. The van der Waals surface area contributed by atoms with Crippen molar-refractivity contribution >= 4 is 35.2 Å². The highest BCUT2D eigenvalue weighted by Crippen LogP contribution is 2.46. The molecule has 3 rings (SSSR count). The van der Waals surface area contributed by atoms with Crippen LogP contribution in [0.2, 0.25) is 18.1 Å². The topological polar surface area (TPSA) is 25.0 Å². The molecule has 0 radical (unpaired) electrons. The Morgan fingerprint density at radius 2 is 1.96 bits per heavy atom. The molecule has 0 aliphatic heterocycles. The van der Waals surface area contributed by atoms with Gasteiger partial charge in [-0.3, -0.25) is 0 Å². The summed E-state index contributed by atoms with van der Waals surface area (Å²) in [4.78, 5) is 3.45. The van der Waals surface area contributed by atoms with Crippen molar-refractivity contribution in [3.8, 4) is 0 Å². The Labute approximate surface area is 161 Å². The summed E-state index contributed by atoms with van der Waals surface area (Å²) in [6.45, 7) is 13.9. The van der Waals surface area contributed by atoms with Crippen LogP contribution in [-0.4, -0.2) is 13.3 Å². The van der Waals surface area contributed by atoms with E-state index in [0.717, 1.165) is 10.9 Å². The number of halogens is 1. The molecule has 1 N–H and O–H groups in total. The van der Waals surface area contributed by atoms with E-state index in [9.17, 15) is 0 Å². The van der Waals surface area contributed by atoms with E-state index in [-0.39, 0.29) is 5.04 Å². The van der Waals surface area contributed by atoms with Crippen molar-refractivity contribution in [3.05, 3.63) is 45.8 Å². The third kappa shape index (κ3) is 3.61. The van der Waals surface area contributed by atoms with Crippen LogP contribution in [0.15, 0.2) is 40.2 Å². The zero-order valence-electron chi connectivity index (χ0n) is 16.3. The standard InChI is InChI=1S/C21H30BrNOSi/c1-14-8-7-9-16(20(14)24-25(5,6)21(2,3)4)18-13-23-19-11-10-15(22)12-17(18)19/h10-13,16,23H,7-9H2,1-6H3/t16-/m1/s1. The van der Waals surface area contributed by atoms with Crippen LogP contribution in [0.5, 0.6) is 0 Å². The Kier molecular flexibility index (Phi) is 4.97. The number of H-pyrrole nitrogens is 1. The molecule has 1 aromatic heterocycles. The van der Waals surface area contributed by atoms with E-state index >= 15 is 0 Å². The summed E-state index contributed by atoms with van der Waals surface area (Å²) in [5, 5.41) is 1.52. The minimum atomic E-state index is -1.84. The van der Waals surface area contributed by atoms with Crippen LogP contribution in [0.4, 0.5) is 0 Å². The maximum Gasteiger partial charge on any atom is 0.250 e. The molecule has 1 aliphatic carbocycles. The third-order valence-corrected chi connectivity index (χ3v) is 10.8. The van der Waals surface area contributed by atoms with Crippen LogP contribution >= 0.6 is 15.9 Å². The minimum Gasteiger partial charge on any atom is -0.546 e. The monoisotopic (exact) mass is 419 g/mol. The quantitative estimate of drug-likeness (QED) is 0.511. The van der Waals surface area contributed by atoms with E-state index in [4.69, 9.17) is 4.43 Å². The van der Waals surface area contributed by atoms with E-state index in [2.05, 4.69) is 86.1 Å². The summed E-state index contributed by atoms with van der Waals surface area (Å²) >= 11 is 3.63. The van der Waals surface area contributed by atoms with Crippen molar-refractivity contribution in [2.45, 2.75) is 71.0 Å². The van der Waals surface area contributed by atoms with E-state index in [0.29, 0.717) is 5.92 Å². The fraction of sp³-hybridized carbons (Fsp3) is 0.524. The summed E-state index contributed by atoms with van der Waals surface area (Å²) in [7, 11) is -1.84. The molecule has 2 nitrogen and oxygen atoms in total. The highest BCUT2D eigenvalue weighted by Gasteiger charge is 2.41. The van der Waals surface area contributed by atoms with Crippen LogP contribution in [0.3, 0.4) is 0 Å². The van der Waals surface area contributed by atoms with Gasteiger partial charge in [-0.2, -0.15) is 0 Å². The van der Waals surface area contributed by atoms with Gasteiger partial charge in [-0.05, 0) is 73.7 Å². The second-order valence-corrected chi connectivity index (χ2v) is 14.5. The molecule has 0 amide bonds. The lowest BCUT2D eigenvalue weighted by molar-refractivity contribution is 0.323. The summed E-state index contributed by atoms with van der Waals surface area (Å²) in [5.74, 6) is 1.62. The molecule has 1 atom stereocenters. The number of nitrogens with one attached hydrogen (secondary N) is 1. The molecule has 0 bridgehead atoms. The van der Waals surface area contributed by atoms with Crippen molar-refractivity contribution in [1.82, 2.24) is 4.98 Å². The molecular formula is C21H30BrNOSi. The lowest BCUT2D eigenvalue weighted by atomic mass is 9.84. The van der Waals surface area contributed by atoms with Gasteiger partial charge in [0.2, 0.25) is 8.32 Å². The first-order chi connectivity index (χ1) is 11.6. The summed E-state index contributed by atoms with van der Waals surface area (Å²) < 4.78 is 7.99. The molecule has 4 heteroatoms. The Bertz CT molecular complexity index is 813. The summed E-state index contributed by atoms with van der Waals surface area (Å²) in [5.41, 5.74) is 4.02. The van der Waals surface area contributed by atoms with Crippen molar-refractivity contribution in [3.63, 3.8) is 0 Å². The van der Waals surface area contributed by atoms with Crippen molar-refractivity contribution in [2.75, 3.05) is 0 Å². The van der Waals surface area contributed by atoms with E-state index in [1.165, 1.54) is 40.6 Å². The van der Waals surface area contributed by atoms with Crippen molar-refractivity contribution in [2.24, 2.45) is 0 Å². The first-order valence-corrected chi connectivity index (χ1v) is 13.0. The van der Waals surface area contributed by atoms with Crippen LogP contribution in [0.1, 0.15) is 58.4 Å². The molecule has 0 spiro atoms. The summed E-state index contributed by atoms with van der Waals surface area (Å²) in [6.07, 6.45) is 5.75. The SMILES string of the molecule is CC1=C(O[Si](C)(C)C(C)(C)C)[C@@H](c2c[nH]c3ccc(Br)cc23)CCC1. The number of aromatic amines is 1. The lowest BCUT2D eigenvalue weighted by Crippen LogP contribution is -2.41. The highest BCUT2D eigenvalue weighted by atomic mass is 79.9. The second-order valence-electron chi connectivity index (χ2n) is 8.89. The Balaban J connectivity index is 2.04. The predicted molar refractivity (Wildman–Crippen MR) is 114 cm³/mol. The molecule has 0 unspecified atom stereocenters. The number of hydrogen-bond donors (Lipinski definition) is 1.